The molecule has 5 heteroatoms. The van der Waals surface area contributed by atoms with Crippen molar-refractivity contribution in [3.8, 4) is 0 Å². The molecule has 0 aliphatic rings. The molecule has 0 unspecified atom stereocenters. The van der Waals surface area contributed by atoms with Crippen LogP contribution in [-0.2, 0) is 11.5 Å². The van der Waals surface area contributed by atoms with E-state index in [0.29, 0.717) is 0 Å². The number of nitrogens with zero attached hydrogens (tertiary/aromatic N) is 2. The van der Waals surface area contributed by atoms with Crippen LogP contribution in [0.4, 0.5) is 10.5 Å². The largest absolute Gasteiger partial charge is 0.427 e. The van der Waals surface area contributed by atoms with E-state index in [1.165, 1.54) is 5.56 Å². The van der Waals surface area contributed by atoms with Crippen LogP contribution in [0.1, 0.15) is 11.1 Å². The van der Waals surface area contributed by atoms with Crippen LogP contribution < -0.4 is 5.32 Å². The summed E-state index contributed by atoms with van der Waals surface area (Å²) in [5.41, 5.74) is 3.04. The van der Waals surface area contributed by atoms with E-state index in [4.69, 9.17) is 4.74 Å². The number of anilines is 1. The van der Waals surface area contributed by atoms with E-state index in [2.05, 4.69) is 10.3 Å². The Hall–Kier alpha value is -2.30. The maximum atomic E-state index is 11.5. The van der Waals surface area contributed by atoms with Gasteiger partial charge in [0.05, 0.1) is 6.33 Å². The summed E-state index contributed by atoms with van der Waals surface area (Å²) in [6, 6.07) is 5.72. The predicted molar refractivity (Wildman–Crippen MR) is 68.2 cm³/mol. The Bertz CT molecular complexity index is 535. The first kappa shape index (κ1) is 12.2. The average molecular weight is 245 g/mol. The Morgan fingerprint density at radius 1 is 1.39 bits per heavy atom. The van der Waals surface area contributed by atoms with Gasteiger partial charge in [0.1, 0.15) is 0 Å². The number of imidazole rings is 1. The first-order valence-corrected chi connectivity index (χ1v) is 5.62. The van der Waals surface area contributed by atoms with E-state index < -0.39 is 6.09 Å². The molecule has 0 aliphatic carbocycles. The van der Waals surface area contributed by atoms with Crippen LogP contribution in [0.15, 0.2) is 36.9 Å². The fourth-order valence-electron chi connectivity index (χ4n) is 1.47. The molecule has 0 fully saturated rings. The normalized spacial score (nSPS) is 10.1. The molecule has 18 heavy (non-hydrogen) atoms. The Kier molecular flexibility index (Phi) is 3.62. The number of rotatable bonds is 3. The van der Waals surface area contributed by atoms with Gasteiger partial charge in [-0.3, -0.25) is 5.32 Å². The van der Waals surface area contributed by atoms with E-state index in [-0.39, 0.29) is 6.73 Å². The van der Waals surface area contributed by atoms with Crippen LogP contribution in [0.3, 0.4) is 0 Å². The quantitative estimate of drug-likeness (QED) is 0.904. The summed E-state index contributed by atoms with van der Waals surface area (Å²) in [4.78, 5) is 15.4. The molecule has 1 heterocycles. The second kappa shape index (κ2) is 5.35. The van der Waals surface area contributed by atoms with Crippen LogP contribution in [0.2, 0.25) is 0 Å². The van der Waals surface area contributed by atoms with Gasteiger partial charge in [-0.15, -0.1) is 0 Å². The molecule has 0 atom stereocenters. The van der Waals surface area contributed by atoms with E-state index in [1.54, 1.807) is 23.3 Å². The molecule has 2 rings (SSSR count). The second-order valence-electron chi connectivity index (χ2n) is 4.06. The number of hydrogen-bond acceptors (Lipinski definition) is 3. The van der Waals surface area contributed by atoms with Crippen LogP contribution in [0, 0.1) is 13.8 Å². The van der Waals surface area contributed by atoms with Crippen molar-refractivity contribution in [3.05, 3.63) is 48.0 Å². The lowest BCUT2D eigenvalue weighted by molar-refractivity contribution is 0.128. The lowest BCUT2D eigenvalue weighted by atomic mass is 10.1. The van der Waals surface area contributed by atoms with Gasteiger partial charge < -0.3 is 9.30 Å². The smallest absolute Gasteiger partial charge is 0.413 e. The van der Waals surface area contributed by atoms with Gasteiger partial charge in [0.25, 0.3) is 0 Å². The first-order valence-electron chi connectivity index (χ1n) is 5.62. The van der Waals surface area contributed by atoms with E-state index in [0.717, 1.165) is 11.3 Å². The molecule has 0 saturated carbocycles. The molecule has 1 N–H and O–H groups in total. The van der Waals surface area contributed by atoms with Crippen LogP contribution >= 0.6 is 0 Å². The fraction of sp³-hybridized carbons (Fsp3) is 0.231. The van der Waals surface area contributed by atoms with E-state index in [1.807, 2.05) is 32.0 Å². The summed E-state index contributed by atoms with van der Waals surface area (Å²) >= 11 is 0. The fourth-order valence-corrected chi connectivity index (χ4v) is 1.47. The average Bonchev–Trinajstić information content (AvgIpc) is 2.84. The minimum absolute atomic E-state index is 0.149. The number of nitrogens with one attached hydrogen (secondary N) is 1. The molecule has 5 nitrogen and oxygen atoms in total. The third-order valence-corrected chi connectivity index (χ3v) is 2.66. The maximum Gasteiger partial charge on any atom is 0.413 e. The summed E-state index contributed by atoms with van der Waals surface area (Å²) in [6.07, 6.45) is 4.46. The van der Waals surface area contributed by atoms with Gasteiger partial charge in [-0.2, -0.15) is 0 Å². The van der Waals surface area contributed by atoms with Crippen LogP contribution in [0.25, 0.3) is 0 Å². The highest BCUT2D eigenvalue weighted by atomic mass is 16.6. The molecular weight excluding hydrogens is 230 g/mol. The molecule has 1 amide bonds. The molecule has 2 aromatic rings. The molecule has 0 aliphatic heterocycles. The van der Waals surface area contributed by atoms with Crippen molar-refractivity contribution in [1.29, 1.82) is 0 Å². The minimum Gasteiger partial charge on any atom is -0.427 e. The summed E-state index contributed by atoms with van der Waals surface area (Å²) < 4.78 is 6.70. The van der Waals surface area contributed by atoms with Crippen molar-refractivity contribution in [1.82, 2.24) is 9.55 Å². The summed E-state index contributed by atoms with van der Waals surface area (Å²) in [5, 5.41) is 2.68. The molecule has 1 aromatic carbocycles. The third kappa shape index (κ3) is 3.10. The zero-order chi connectivity index (χ0) is 13.0. The highest BCUT2D eigenvalue weighted by molar-refractivity contribution is 5.84. The van der Waals surface area contributed by atoms with Crippen molar-refractivity contribution >= 4 is 11.8 Å². The summed E-state index contributed by atoms with van der Waals surface area (Å²) in [5.74, 6) is 0. The van der Waals surface area contributed by atoms with Crippen molar-refractivity contribution in [2.24, 2.45) is 0 Å². The second-order valence-corrected chi connectivity index (χ2v) is 4.06. The number of aryl methyl sites for hydroxylation is 2. The number of benzene rings is 1. The number of aromatic nitrogens is 2. The molecule has 0 radical (unpaired) electrons. The minimum atomic E-state index is -0.480. The summed E-state index contributed by atoms with van der Waals surface area (Å²) in [7, 11) is 0. The SMILES string of the molecule is Cc1ccc(NC(=O)OCn2ccnc2)cc1C. The van der Waals surface area contributed by atoms with Gasteiger partial charge in [0.2, 0.25) is 0 Å². The summed E-state index contributed by atoms with van der Waals surface area (Å²) in [6.45, 7) is 4.17. The number of carbonyl (C=O) groups is 1. The number of carbonyl (C=O) groups excluding carboxylic acids is 1. The van der Waals surface area contributed by atoms with Crippen molar-refractivity contribution in [2.45, 2.75) is 20.6 Å². The van der Waals surface area contributed by atoms with Gasteiger partial charge >= 0.3 is 6.09 Å². The van der Waals surface area contributed by atoms with Gasteiger partial charge in [-0.1, -0.05) is 6.07 Å². The van der Waals surface area contributed by atoms with Crippen LogP contribution in [-0.4, -0.2) is 15.6 Å². The number of amides is 1. The zero-order valence-electron chi connectivity index (χ0n) is 10.4. The van der Waals surface area contributed by atoms with Crippen molar-refractivity contribution < 1.29 is 9.53 Å². The van der Waals surface area contributed by atoms with Crippen LogP contribution in [0.5, 0.6) is 0 Å². The Morgan fingerprint density at radius 2 is 2.22 bits per heavy atom. The van der Waals surface area contributed by atoms with E-state index >= 15 is 0 Å². The van der Waals surface area contributed by atoms with Crippen molar-refractivity contribution in [2.75, 3.05) is 5.32 Å². The monoisotopic (exact) mass is 245 g/mol. The highest BCUT2D eigenvalue weighted by Gasteiger charge is 2.04. The van der Waals surface area contributed by atoms with Gasteiger partial charge in [0.15, 0.2) is 6.73 Å². The molecule has 0 bridgehead atoms. The van der Waals surface area contributed by atoms with E-state index in [9.17, 15) is 4.79 Å². The molecular formula is C13H15N3O2. The topological polar surface area (TPSA) is 56.1 Å². The van der Waals surface area contributed by atoms with Gasteiger partial charge in [-0.05, 0) is 37.1 Å². The number of hydrogen-bond donors (Lipinski definition) is 1. The first-order chi connectivity index (χ1) is 8.65. The van der Waals surface area contributed by atoms with Gasteiger partial charge in [-0.25, -0.2) is 9.78 Å². The van der Waals surface area contributed by atoms with Crippen molar-refractivity contribution in [3.63, 3.8) is 0 Å². The molecule has 94 valence electrons. The highest BCUT2D eigenvalue weighted by Crippen LogP contribution is 2.14. The third-order valence-electron chi connectivity index (χ3n) is 2.66. The zero-order valence-corrected chi connectivity index (χ0v) is 10.4. The lowest BCUT2D eigenvalue weighted by Crippen LogP contribution is -2.15. The number of ether oxygens (including phenoxy) is 1. The molecule has 0 spiro atoms. The molecule has 1 aromatic heterocycles. The lowest BCUT2D eigenvalue weighted by Gasteiger charge is -2.08. The standard InChI is InChI=1S/C13H15N3O2/c1-10-3-4-12(7-11(10)2)15-13(17)18-9-16-6-5-14-8-16/h3-8H,9H2,1-2H3,(H,15,17). The van der Waals surface area contributed by atoms with Gasteiger partial charge in [0, 0.05) is 18.1 Å². The molecule has 0 saturated heterocycles. The predicted octanol–water partition coefficient (Wildman–Crippen LogP) is 2.71. The maximum absolute atomic E-state index is 11.5. The Balaban J connectivity index is 1.88. The Labute approximate surface area is 105 Å². The Morgan fingerprint density at radius 3 is 2.89 bits per heavy atom.